The molecule has 2 fully saturated rings. The molecule has 51 heavy (non-hydrogen) atoms. The Bertz CT molecular complexity index is 1220. The Labute approximate surface area is 309 Å². The molecule has 11 atom stereocenters. The van der Waals surface area contributed by atoms with Crippen molar-refractivity contribution in [2.45, 2.75) is 140 Å². The van der Waals surface area contributed by atoms with Gasteiger partial charge in [0.05, 0.1) is 30.3 Å². The zero-order valence-corrected chi connectivity index (χ0v) is 32.3. The molecule has 12 nitrogen and oxygen atoms in total. The average molecular weight is 740 g/mol. The first-order valence-corrected chi connectivity index (χ1v) is 18.9. The lowest BCUT2D eigenvalue weighted by atomic mass is 9.89. The second kappa shape index (κ2) is 20.9. The molecule has 0 radical (unpaired) electrons. The van der Waals surface area contributed by atoms with Crippen molar-refractivity contribution in [3.8, 4) is 0 Å². The third-order valence-electron chi connectivity index (χ3n) is 10.0. The smallest absolute Gasteiger partial charge is 0.317 e. The molecule has 2 aliphatic rings. The lowest BCUT2D eigenvalue weighted by Gasteiger charge is -2.40. The van der Waals surface area contributed by atoms with Crippen LogP contribution in [-0.2, 0) is 39.8 Å². The molecule has 2 saturated heterocycles. The quantitative estimate of drug-likeness (QED) is 0.102. The van der Waals surface area contributed by atoms with Gasteiger partial charge in [-0.25, -0.2) is 0 Å². The van der Waals surface area contributed by atoms with Crippen LogP contribution in [0.4, 0.5) is 0 Å². The second-order valence-electron chi connectivity index (χ2n) is 14.8. The van der Waals surface area contributed by atoms with Gasteiger partial charge in [-0.15, -0.1) is 0 Å². The van der Waals surface area contributed by atoms with Gasteiger partial charge in [0.1, 0.15) is 17.3 Å². The monoisotopic (exact) mass is 739 g/mol. The zero-order chi connectivity index (χ0) is 37.7. The summed E-state index contributed by atoms with van der Waals surface area (Å²) in [5.41, 5.74) is -2.58. The van der Waals surface area contributed by atoms with Crippen molar-refractivity contribution in [1.29, 1.82) is 0 Å². The summed E-state index contributed by atoms with van der Waals surface area (Å²) in [7, 11) is 4.02. The number of hydrogen-bond donors (Lipinski definition) is 4. The molecular formula is C38H62ClN3O9. The maximum atomic E-state index is 13.7. The molecule has 290 valence electrons. The summed E-state index contributed by atoms with van der Waals surface area (Å²) in [6.45, 7) is 9.82. The molecule has 1 amide bonds. The fourth-order valence-electron chi connectivity index (χ4n) is 6.55. The number of unbranched alkanes of at least 4 members (excludes halogenated alkanes) is 1. The Balaban J connectivity index is 1.76. The number of aliphatic hydroxyl groups is 2. The topological polar surface area (TPSA) is 156 Å². The van der Waals surface area contributed by atoms with E-state index in [0.29, 0.717) is 19.4 Å². The van der Waals surface area contributed by atoms with Gasteiger partial charge in [-0.05, 0) is 99.0 Å². The van der Waals surface area contributed by atoms with Gasteiger partial charge in [-0.1, -0.05) is 48.9 Å². The number of halogens is 1. The first-order valence-electron chi connectivity index (χ1n) is 18.5. The van der Waals surface area contributed by atoms with E-state index >= 15 is 0 Å². The predicted molar refractivity (Wildman–Crippen MR) is 195 cm³/mol. The van der Waals surface area contributed by atoms with Gasteiger partial charge in [0.15, 0.2) is 6.29 Å². The fourth-order valence-corrected chi connectivity index (χ4v) is 6.76. The summed E-state index contributed by atoms with van der Waals surface area (Å²) < 4.78 is 24.5. The summed E-state index contributed by atoms with van der Waals surface area (Å²) in [5.74, 6) is -4.33. The number of hydrogen-bond acceptors (Lipinski definition) is 11. The maximum Gasteiger partial charge on any atom is 0.317 e. The molecule has 4 N–H and O–H groups in total. The summed E-state index contributed by atoms with van der Waals surface area (Å²) in [4.78, 5) is 42.2. The van der Waals surface area contributed by atoms with Gasteiger partial charge >= 0.3 is 5.97 Å². The summed E-state index contributed by atoms with van der Waals surface area (Å²) in [6.07, 6.45) is 1.50. The van der Waals surface area contributed by atoms with E-state index in [-0.39, 0.29) is 25.0 Å². The van der Waals surface area contributed by atoms with Gasteiger partial charge in [-0.3, -0.25) is 14.4 Å². The van der Waals surface area contributed by atoms with E-state index in [1.54, 1.807) is 6.92 Å². The fraction of sp³-hybridized carbons (Fsp3) is 0.763. The van der Waals surface area contributed by atoms with E-state index in [9.17, 15) is 24.6 Å². The number of amides is 1. The highest BCUT2D eigenvalue weighted by Gasteiger charge is 2.46. The van der Waals surface area contributed by atoms with Crippen LogP contribution in [0.25, 0.3) is 0 Å². The number of ketones is 1. The maximum absolute atomic E-state index is 13.7. The van der Waals surface area contributed by atoms with Crippen LogP contribution >= 0.6 is 11.6 Å². The molecule has 0 aliphatic carbocycles. The minimum atomic E-state index is -2.19. The second-order valence-corrected chi connectivity index (χ2v) is 15.2. The van der Waals surface area contributed by atoms with E-state index in [2.05, 4.69) is 39.8 Å². The van der Waals surface area contributed by atoms with E-state index in [1.165, 1.54) is 26.3 Å². The molecule has 13 heteroatoms. The minimum absolute atomic E-state index is 0.0827. The number of nitrogens with zero attached hydrogens (tertiary/aromatic N) is 1. The van der Waals surface area contributed by atoms with Crippen LogP contribution in [-0.4, -0.2) is 121 Å². The number of aryl methyl sites for hydroxylation is 1. The van der Waals surface area contributed by atoms with Gasteiger partial charge in [0.2, 0.25) is 11.5 Å². The number of cyclic esters (lactones) is 1. The van der Waals surface area contributed by atoms with Gasteiger partial charge in [0, 0.05) is 31.5 Å². The van der Waals surface area contributed by atoms with Crippen molar-refractivity contribution < 1.29 is 43.5 Å². The highest BCUT2D eigenvalue weighted by atomic mass is 35.5. The van der Waals surface area contributed by atoms with E-state index in [1.807, 2.05) is 27.1 Å². The molecule has 3 rings (SSSR count). The average Bonchev–Trinajstić information content (AvgIpc) is 3.08. The molecule has 0 aromatic heterocycles. The molecular weight excluding hydrogens is 678 g/mol. The van der Waals surface area contributed by atoms with Gasteiger partial charge in [-0.2, -0.15) is 0 Å². The third-order valence-corrected chi connectivity index (χ3v) is 10.6. The van der Waals surface area contributed by atoms with E-state index in [0.717, 1.165) is 38.8 Å². The number of aliphatic hydroxyl groups excluding tert-OH is 1. The van der Waals surface area contributed by atoms with Crippen molar-refractivity contribution in [2.24, 2.45) is 11.8 Å². The van der Waals surface area contributed by atoms with Crippen molar-refractivity contribution in [3.63, 3.8) is 0 Å². The highest BCUT2D eigenvalue weighted by molar-refractivity contribution is 6.21. The van der Waals surface area contributed by atoms with Crippen LogP contribution in [0.1, 0.15) is 85.1 Å². The Kier molecular flexibility index (Phi) is 17.7. The van der Waals surface area contributed by atoms with Gasteiger partial charge < -0.3 is 44.7 Å². The number of ether oxygens (including phenoxy) is 4. The number of benzene rings is 1. The van der Waals surface area contributed by atoms with Crippen LogP contribution in [0.5, 0.6) is 0 Å². The van der Waals surface area contributed by atoms with Crippen molar-refractivity contribution in [2.75, 3.05) is 33.8 Å². The van der Waals surface area contributed by atoms with Crippen molar-refractivity contribution >= 4 is 29.3 Å². The summed E-state index contributed by atoms with van der Waals surface area (Å²) >= 11 is 6.27. The number of carbonyl (C=O) groups excluding carboxylic acids is 3. The molecule has 1 aromatic rings. The number of esters is 1. The third kappa shape index (κ3) is 13.6. The SMILES string of the molecule is CC1CC(N(C)C)CC(O[C@@H]2CC(=O)C(C)C(=O)O[C@H](Cl)[C@@](C)(O)C(O)C(C)C(=O)N[C@H](C)CC2OCCCNCCCCc2ccccc2)O1. The number of rotatable bonds is 13. The Morgan fingerprint density at radius 3 is 2.37 bits per heavy atom. The van der Waals surface area contributed by atoms with Crippen LogP contribution in [0.3, 0.4) is 0 Å². The molecule has 0 spiro atoms. The molecule has 7 unspecified atom stereocenters. The largest absolute Gasteiger partial charge is 0.442 e. The minimum Gasteiger partial charge on any atom is -0.442 e. The van der Waals surface area contributed by atoms with E-state index in [4.69, 9.17) is 30.5 Å². The Morgan fingerprint density at radius 2 is 1.69 bits per heavy atom. The van der Waals surface area contributed by atoms with E-state index < -0.39 is 71.3 Å². The lowest BCUT2D eigenvalue weighted by Crippen LogP contribution is -2.55. The predicted octanol–water partition coefficient (Wildman–Crippen LogP) is 3.57. The number of Topliss-reactive ketones (excluding diaryl/α,β-unsaturated/α-hetero) is 1. The Morgan fingerprint density at radius 1 is 1.00 bits per heavy atom. The number of nitrogens with one attached hydrogen (secondary N) is 2. The molecule has 0 bridgehead atoms. The number of alkyl halides is 1. The van der Waals surface area contributed by atoms with Crippen LogP contribution < -0.4 is 10.6 Å². The van der Waals surface area contributed by atoms with Gasteiger partial charge in [0.25, 0.3) is 0 Å². The highest BCUT2D eigenvalue weighted by Crippen LogP contribution is 2.30. The normalized spacial score (nSPS) is 34.8. The van der Waals surface area contributed by atoms with Crippen LogP contribution in [0, 0.1) is 11.8 Å². The summed E-state index contributed by atoms with van der Waals surface area (Å²) in [5, 5.41) is 28.3. The van der Waals surface area contributed by atoms with Crippen LogP contribution in [0.15, 0.2) is 30.3 Å². The first-order chi connectivity index (χ1) is 24.1. The standard InChI is InChI=1S/C38H62ClN3O9/c1-24-20-31(48-19-13-18-40-17-12-11-16-28-14-9-8-10-15-28)32(50-33-22-29(42(6)7)21-25(2)49-33)23-30(43)26(3)36(46)51-37(39)38(5,47)34(44)27(4)35(45)41-24/h8-10,14-15,24-27,29,31-34,37,40,44,47H,11-13,16-23H2,1-7H3,(H,41,45)/t24-,25?,26?,27?,29?,31?,32-,33?,34?,37+,38+/m1/s1. The first kappa shape index (κ1) is 43.2. The molecule has 0 saturated carbocycles. The molecule has 2 aliphatic heterocycles. The van der Waals surface area contributed by atoms with Crippen molar-refractivity contribution in [1.82, 2.24) is 15.5 Å². The Hall–Kier alpha value is -2.16. The van der Waals surface area contributed by atoms with Crippen LogP contribution in [0.2, 0.25) is 0 Å². The molecule has 2 heterocycles. The number of carbonyl (C=O) groups is 3. The zero-order valence-electron chi connectivity index (χ0n) is 31.5. The van der Waals surface area contributed by atoms with Crippen molar-refractivity contribution in [3.05, 3.63) is 35.9 Å². The lowest BCUT2D eigenvalue weighted by molar-refractivity contribution is -0.240. The molecule has 1 aromatic carbocycles. The summed E-state index contributed by atoms with van der Waals surface area (Å²) in [6, 6.07) is 10.2.